The minimum Gasteiger partial charge on any atom is -0.506 e. The molecule has 0 atom stereocenters. The summed E-state index contributed by atoms with van der Waals surface area (Å²) < 4.78 is 6.27. The molecule has 1 heterocycles. The predicted octanol–water partition coefficient (Wildman–Crippen LogP) is 11.1. The Bertz CT molecular complexity index is 3230. The smallest absolute Gasteiger partial charge is 0.204 e. The van der Waals surface area contributed by atoms with Gasteiger partial charge >= 0.3 is 0 Å². The summed E-state index contributed by atoms with van der Waals surface area (Å²) in [5.74, 6) is -5.16. The highest BCUT2D eigenvalue weighted by Gasteiger charge is 2.33. The van der Waals surface area contributed by atoms with Gasteiger partial charge in [0.2, 0.25) is 11.5 Å². The van der Waals surface area contributed by atoms with Crippen molar-refractivity contribution < 1.29 is 40.2 Å². The Labute approximate surface area is 305 Å². The second kappa shape index (κ2) is 11.2. The van der Waals surface area contributed by atoms with Gasteiger partial charge < -0.3 is 40.2 Å². The Morgan fingerprint density at radius 2 is 0.852 bits per heavy atom. The molecule has 0 amide bonds. The zero-order valence-electron chi connectivity index (χ0n) is 28.2. The van der Waals surface area contributed by atoms with Crippen molar-refractivity contribution >= 4 is 65.0 Å². The van der Waals surface area contributed by atoms with E-state index in [0.29, 0.717) is 38.6 Å². The van der Waals surface area contributed by atoms with Crippen molar-refractivity contribution in [1.29, 1.82) is 0 Å². The first-order valence-corrected chi connectivity index (χ1v) is 17.2. The molecule has 10 rings (SSSR count). The van der Waals surface area contributed by atoms with E-state index in [4.69, 9.17) is 4.42 Å². The molecule has 10 aromatic rings. The van der Waals surface area contributed by atoms with Crippen LogP contribution in [-0.4, -0.2) is 35.7 Å². The van der Waals surface area contributed by atoms with Gasteiger partial charge in [0.05, 0.1) is 5.56 Å². The van der Waals surface area contributed by atoms with Crippen LogP contribution in [0.1, 0.15) is 0 Å². The van der Waals surface area contributed by atoms with Gasteiger partial charge in [0.25, 0.3) is 0 Å². The largest absolute Gasteiger partial charge is 0.506 e. The highest BCUT2D eigenvalue weighted by atomic mass is 16.3. The molecule has 0 aliphatic heterocycles. The maximum atomic E-state index is 12.6. The van der Waals surface area contributed by atoms with Crippen LogP contribution in [-0.2, 0) is 0 Å². The van der Waals surface area contributed by atoms with Gasteiger partial charge in [0.1, 0.15) is 16.9 Å². The molecule has 0 aliphatic carbocycles. The SMILES string of the molecule is Oc1c(O)c(O)c2c(-c3ccc4oc5cc6ccccc6cc5c4c3)c3c(O)c(-c4cccc5ccccc45)c(O)c(O)c3c(-c3ccccc3)c2c1O. The van der Waals surface area contributed by atoms with Crippen LogP contribution in [0.25, 0.3) is 98.4 Å². The molecule has 260 valence electrons. The van der Waals surface area contributed by atoms with E-state index < -0.39 is 40.2 Å². The molecular weight excluding hydrogens is 680 g/mol. The van der Waals surface area contributed by atoms with E-state index >= 15 is 0 Å². The fraction of sp³-hybridized carbons (Fsp3) is 0. The van der Waals surface area contributed by atoms with E-state index in [0.717, 1.165) is 21.5 Å². The monoisotopic (exact) mass is 708 g/mol. The molecule has 9 aromatic carbocycles. The third-order valence-electron chi connectivity index (χ3n) is 10.6. The maximum absolute atomic E-state index is 12.6. The van der Waals surface area contributed by atoms with Crippen molar-refractivity contribution in [1.82, 2.24) is 0 Å². The van der Waals surface area contributed by atoms with Crippen molar-refractivity contribution in [3.8, 4) is 73.6 Å². The lowest BCUT2D eigenvalue weighted by atomic mass is 9.82. The number of hydrogen-bond donors (Lipinski definition) is 7. The Morgan fingerprint density at radius 3 is 1.56 bits per heavy atom. The van der Waals surface area contributed by atoms with Gasteiger partial charge in [-0.3, -0.25) is 0 Å². The summed E-state index contributed by atoms with van der Waals surface area (Å²) in [5, 5.41) is 86.9. The molecule has 0 fully saturated rings. The van der Waals surface area contributed by atoms with Gasteiger partial charge in [-0.15, -0.1) is 0 Å². The number of phenols is 7. The highest BCUT2D eigenvalue weighted by Crippen LogP contribution is 2.62. The normalized spacial score (nSPS) is 11.9. The first-order chi connectivity index (χ1) is 26.2. The van der Waals surface area contributed by atoms with Crippen LogP contribution in [0.5, 0.6) is 40.2 Å². The molecule has 1 aromatic heterocycles. The summed E-state index contributed by atoms with van der Waals surface area (Å²) in [6, 6.07) is 38.6. The van der Waals surface area contributed by atoms with Crippen molar-refractivity contribution in [2.24, 2.45) is 0 Å². The molecule has 0 saturated carbocycles. The maximum Gasteiger partial charge on any atom is 0.204 e. The summed E-state index contributed by atoms with van der Waals surface area (Å²) >= 11 is 0. The molecule has 0 unspecified atom stereocenters. The first kappa shape index (κ1) is 31.2. The Kier molecular flexibility index (Phi) is 6.47. The van der Waals surface area contributed by atoms with Crippen LogP contribution in [0, 0.1) is 0 Å². The number of fused-ring (bicyclic) bond motifs is 7. The quantitative estimate of drug-likeness (QED) is 0.0543. The van der Waals surface area contributed by atoms with Crippen LogP contribution >= 0.6 is 0 Å². The topological polar surface area (TPSA) is 155 Å². The van der Waals surface area contributed by atoms with Gasteiger partial charge in [0.15, 0.2) is 23.0 Å². The number of phenolic OH excluding ortho intramolecular Hbond substituents is 7. The van der Waals surface area contributed by atoms with Crippen molar-refractivity contribution in [3.63, 3.8) is 0 Å². The van der Waals surface area contributed by atoms with Crippen LogP contribution in [0.2, 0.25) is 0 Å². The molecular formula is C46H28O8. The van der Waals surface area contributed by atoms with Crippen LogP contribution in [0.15, 0.2) is 132 Å². The lowest BCUT2D eigenvalue weighted by Gasteiger charge is -2.23. The average Bonchev–Trinajstić information content (AvgIpc) is 3.56. The zero-order valence-corrected chi connectivity index (χ0v) is 28.2. The van der Waals surface area contributed by atoms with Crippen LogP contribution < -0.4 is 0 Å². The summed E-state index contributed by atoms with van der Waals surface area (Å²) in [6.45, 7) is 0. The molecule has 0 saturated heterocycles. The Hall–Kier alpha value is -7.58. The molecule has 8 nitrogen and oxygen atoms in total. The summed E-state index contributed by atoms with van der Waals surface area (Å²) in [7, 11) is 0. The number of furan rings is 1. The molecule has 0 spiro atoms. The van der Waals surface area contributed by atoms with E-state index in [1.807, 2.05) is 72.8 Å². The van der Waals surface area contributed by atoms with Crippen LogP contribution in [0.3, 0.4) is 0 Å². The van der Waals surface area contributed by atoms with Gasteiger partial charge in [-0.25, -0.2) is 0 Å². The Morgan fingerprint density at radius 1 is 0.315 bits per heavy atom. The molecule has 7 N–H and O–H groups in total. The third-order valence-corrected chi connectivity index (χ3v) is 10.6. The van der Waals surface area contributed by atoms with E-state index in [9.17, 15) is 35.7 Å². The van der Waals surface area contributed by atoms with Gasteiger partial charge in [-0.1, -0.05) is 103 Å². The van der Waals surface area contributed by atoms with Crippen LogP contribution in [0.4, 0.5) is 0 Å². The predicted molar refractivity (Wildman–Crippen MR) is 212 cm³/mol. The minimum atomic E-state index is -0.981. The van der Waals surface area contributed by atoms with E-state index in [-0.39, 0.29) is 38.2 Å². The molecule has 8 heteroatoms. The summed E-state index contributed by atoms with van der Waals surface area (Å²) in [5.41, 5.74) is 2.57. The number of aromatic hydroxyl groups is 7. The average molecular weight is 709 g/mol. The lowest BCUT2D eigenvalue weighted by Crippen LogP contribution is -1.96. The molecule has 0 bridgehead atoms. The van der Waals surface area contributed by atoms with Gasteiger partial charge in [-0.05, 0) is 62.5 Å². The number of rotatable bonds is 3. The van der Waals surface area contributed by atoms with Crippen molar-refractivity contribution in [2.45, 2.75) is 0 Å². The second-order valence-electron chi connectivity index (χ2n) is 13.5. The fourth-order valence-electron chi connectivity index (χ4n) is 8.13. The zero-order chi connectivity index (χ0) is 37.0. The van der Waals surface area contributed by atoms with Gasteiger partial charge in [0, 0.05) is 43.4 Å². The molecule has 54 heavy (non-hydrogen) atoms. The van der Waals surface area contributed by atoms with Gasteiger partial charge in [-0.2, -0.15) is 0 Å². The standard InChI is InChI=1S/C46H28O8/c47-40-35(28-16-8-14-22-9-6-7-15-27(22)28)41(48)42(49)37-33(23-10-2-1-3-11-23)38-39(44(51)46(53)45(52)43(38)50)34(36(37)40)26-17-18-31-29(20-26)30-19-24-12-4-5-13-25(24)21-32(30)54-31/h1-21,47-53H. The minimum absolute atomic E-state index is 0.0111. The first-order valence-electron chi connectivity index (χ1n) is 17.2. The van der Waals surface area contributed by atoms with Crippen molar-refractivity contribution in [3.05, 3.63) is 127 Å². The fourth-order valence-corrected chi connectivity index (χ4v) is 8.13. The molecule has 0 aliphatic rings. The lowest BCUT2D eigenvalue weighted by molar-refractivity contribution is 0.351. The number of benzene rings is 9. The summed E-state index contributed by atoms with van der Waals surface area (Å²) in [4.78, 5) is 0. The second-order valence-corrected chi connectivity index (χ2v) is 13.5. The highest BCUT2D eigenvalue weighted by molar-refractivity contribution is 6.30. The Balaban J connectivity index is 1.45. The third kappa shape index (κ3) is 4.19. The summed E-state index contributed by atoms with van der Waals surface area (Å²) in [6.07, 6.45) is 0. The van der Waals surface area contributed by atoms with E-state index in [1.165, 1.54) is 0 Å². The van der Waals surface area contributed by atoms with E-state index in [2.05, 4.69) is 0 Å². The van der Waals surface area contributed by atoms with E-state index in [1.54, 1.807) is 54.6 Å². The van der Waals surface area contributed by atoms with Crippen molar-refractivity contribution in [2.75, 3.05) is 0 Å². The molecule has 0 radical (unpaired) electrons. The number of hydrogen-bond acceptors (Lipinski definition) is 8.